The third kappa shape index (κ3) is 2.09. The predicted molar refractivity (Wildman–Crippen MR) is 68.4 cm³/mol. The van der Waals surface area contributed by atoms with Crippen LogP contribution in [0.5, 0.6) is 11.5 Å². The first-order valence-electron chi connectivity index (χ1n) is 5.43. The molecule has 2 aromatic carbocycles. The molecular weight excluding hydrogens is 232 g/mol. The molecule has 0 bridgehead atoms. The maximum absolute atomic E-state index is 11.5. The lowest BCUT2D eigenvalue weighted by molar-refractivity contribution is 0.0600. The molecule has 4 nitrogen and oxygen atoms in total. The normalized spacial score (nSPS) is 10.2. The van der Waals surface area contributed by atoms with Gasteiger partial charge in [0.2, 0.25) is 0 Å². The maximum Gasteiger partial charge on any atom is 0.338 e. The molecule has 94 valence electrons. The predicted octanol–water partition coefficient (Wildman–Crippen LogP) is 2.64. The van der Waals surface area contributed by atoms with Crippen molar-refractivity contribution in [3.05, 3.63) is 35.9 Å². The number of esters is 1. The summed E-state index contributed by atoms with van der Waals surface area (Å²) in [5.74, 6) is 0.976. The number of hydrogen-bond acceptors (Lipinski definition) is 4. The number of benzene rings is 2. The van der Waals surface area contributed by atoms with Crippen LogP contribution in [0.3, 0.4) is 0 Å². The van der Waals surface area contributed by atoms with E-state index in [-0.39, 0.29) is 5.97 Å². The number of methoxy groups -OCH3 is 3. The molecule has 0 saturated carbocycles. The second kappa shape index (κ2) is 4.96. The summed E-state index contributed by atoms with van der Waals surface area (Å²) in [7, 11) is 4.53. The van der Waals surface area contributed by atoms with Crippen molar-refractivity contribution < 1.29 is 19.0 Å². The van der Waals surface area contributed by atoms with Gasteiger partial charge in [-0.05, 0) is 29.7 Å². The molecule has 0 spiro atoms. The van der Waals surface area contributed by atoms with E-state index in [2.05, 4.69) is 0 Å². The van der Waals surface area contributed by atoms with Gasteiger partial charge in [0, 0.05) is 5.39 Å². The smallest absolute Gasteiger partial charge is 0.338 e. The highest BCUT2D eigenvalue weighted by atomic mass is 16.5. The van der Waals surface area contributed by atoms with Gasteiger partial charge in [0.15, 0.2) is 0 Å². The summed E-state index contributed by atoms with van der Waals surface area (Å²) in [6.45, 7) is 0. The third-order valence-electron chi connectivity index (χ3n) is 2.76. The van der Waals surface area contributed by atoms with Gasteiger partial charge in [0.1, 0.15) is 11.5 Å². The van der Waals surface area contributed by atoms with Crippen molar-refractivity contribution in [2.45, 2.75) is 0 Å². The summed E-state index contributed by atoms with van der Waals surface area (Å²) in [6.07, 6.45) is 0. The van der Waals surface area contributed by atoms with Gasteiger partial charge in [0.05, 0.1) is 26.9 Å². The van der Waals surface area contributed by atoms with Crippen LogP contribution >= 0.6 is 0 Å². The van der Waals surface area contributed by atoms with Crippen LogP contribution < -0.4 is 9.47 Å². The number of carbonyl (C=O) groups is 1. The summed E-state index contributed by atoms with van der Waals surface area (Å²) < 4.78 is 15.2. The molecule has 0 fully saturated rings. The average molecular weight is 246 g/mol. The van der Waals surface area contributed by atoms with Gasteiger partial charge in [-0.15, -0.1) is 0 Å². The summed E-state index contributed by atoms with van der Waals surface area (Å²) in [5, 5.41) is 1.79. The highest BCUT2D eigenvalue weighted by molar-refractivity contribution is 5.98. The van der Waals surface area contributed by atoms with Crippen LogP contribution in [0.1, 0.15) is 10.4 Å². The number of fused-ring (bicyclic) bond motifs is 1. The minimum Gasteiger partial charge on any atom is -0.497 e. The van der Waals surface area contributed by atoms with Crippen LogP contribution in [-0.2, 0) is 4.74 Å². The van der Waals surface area contributed by atoms with Gasteiger partial charge in [-0.1, -0.05) is 6.07 Å². The van der Waals surface area contributed by atoms with Crippen molar-refractivity contribution >= 4 is 16.7 Å². The first-order valence-corrected chi connectivity index (χ1v) is 5.43. The average Bonchev–Trinajstić information content (AvgIpc) is 2.44. The van der Waals surface area contributed by atoms with Crippen molar-refractivity contribution in [3.8, 4) is 11.5 Å². The molecule has 0 aliphatic rings. The zero-order chi connectivity index (χ0) is 13.1. The van der Waals surface area contributed by atoms with E-state index in [9.17, 15) is 4.79 Å². The minimum absolute atomic E-state index is 0.383. The van der Waals surface area contributed by atoms with Crippen LogP contribution in [-0.4, -0.2) is 27.3 Å². The second-order valence-corrected chi connectivity index (χ2v) is 3.76. The molecule has 0 unspecified atom stereocenters. The first kappa shape index (κ1) is 12.2. The Morgan fingerprint density at radius 2 is 1.78 bits per heavy atom. The SMILES string of the molecule is COC(=O)c1cc(OC)c2cc(OC)ccc2c1. The van der Waals surface area contributed by atoms with Gasteiger partial charge in [-0.3, -0.25) is 0 Å². The van der Waals surface area contributed by atoms with Crippen LogP contribution in [0, 0.1) is 0 Å². The maximum atomic E-state index is 11.5. The number of rotatable bonds is 3. The zero-order valence-corrected chi connectivity index (χ0v) is 10.5. The fourth-order valence-electron chi connectivity index (χ4n) is 1.83. The highest BCUT2D eigenvalue weighted by Gasteiger charge is 2.11. The van der Waals surface area contributed by atoms with E-state index in [0.29, 0.717) is 11.3 Å². The van der Waals surface area contributed by atoms with Crippen LogP contribution in [0.2, 0.25) is 0 Å². The van der Waals surface area contributed by atoms with Crippen molar-refractivity contribution in [3.63, 3.8) is 0 Å². The Hall–Kier alpha value is -2.23. The number of ether oxygens (including phenoxy) is 3. The molecule has 0 heterocycles. The fourth-order valence-corrected chi connectivity index (χ4v) is 1.83. The largest absolute Gasteiger partial charge is 0.497 e. The van der Waals surface area contributed by atoms with Crippen LogP contribution in [0.25, 0.3) is 10.8 Å². The molecule has 0 aliphatic carbocycles. The molecule has 0 atom stereocenters. The van der Waals surface area contributed by atoms with E-state index in [4.69, 9.17) is 14.2 Å². The Kier molecular flexibility index (Phi) is 3.37. The molecule has 0 N–H and O–H groups in total. The monoisotopic (exact) mass is 246 g/mol. The minimum atomic E-state index is -0.383. The molecule has 2 aromatic rings. The molecule has 2 rings (SSSR count). The second-order valence-electron chi connectivity index (χ2n) is 3.76. The van der Waals surface area contributed by atoms with Crippen molar-refractivity contribution in [1.29, 1.82) is 0 Å². The van der Waals surface area contributed by atoms with E-state index in [1.165, 1.54) is 7.11 Å². The number of hydrogen-bond donors (Lipinski definition) is 0. The highest BCUT2D eigenvalue weighted by Crippen LogP contribution is 2.30. The summed E-state index contributed by atoms with van der Waals surface area (Å²) in [6, 6.07) is 9.01. The molecule has 0 amide bonds. The Balaban J connectivity index is 2.66. The van der Waals surface area contributed by atoms with Gasteiger partial charge >= 0.3 is 5.97 Å². The van der Waals surface area contributed by atoms with E-state index >= 15 is 0 Å². The fraction of sp³-hybridized carbons (Fsp3) is 0.214. The van der Waals surface area contributed by atoms with Crippen LogP contribution in [0.15, 0.2) is 30.3 Å². The Morgan fingerprint density at radius 3 is 2.39 bits per heavy atom. The Morgan fingerprint density at radius 1 is 1.00 bits per heavy atom. The van der Waals surface area contributed by atoms with Gasteiger partial charge < -0.3 is 14.2 Å². The summed E-state index contributed by atoms with van der Waals surface area (Å²) >= 11 is 0. The van der Waals surface area contributed by atoms with E-state index < -0.39 is 0 Å². The quantitative estimate of drug-likeness (QED) is 0.781. The zero-order valence-electron chi connectivity index (χ0n) is 10.5. The van der Waals surface area contributed by atoms with Gasteiger partial charge in [-0.2, -0.15) is 0 Å². The Bertz CT molecular complexity index is 590. The molecule has 0 saturated heterocycles. The number of carbonyl (C=O) groups excluding carboxylic acids is 1. The first-order chi connectivity index (χ1) is 8.69. The standard InChI is InChI=1S/C14H14O4/c1-16-11-5-4-9-6-10(14(15)18-3)7-13(17-2)12(9)8-11/h4-8H,1-3H3. The summed E-state index contributed by atoms with van der Waals surface area (Å²) in [4.78, 5) is 11.5. The van der Waals surface area contributed by atoms with Crippen LogP contribution in [0.4, 0.5) is 0 Å². The summed E-state index contributed by atoms with van der Waals surface area (Å²) in [5.41, 5.74) is 0.465. The molecular formula is C14H14O4. The van der Waals surface area contributed by atoms with Crippen molar-refractivity contribution in [2.24, 2.45) is 0 Å². The van der Waals surface area contributed by atoms with Crippen molar-refractivity contribution in [2.75, 3.05) is 21.3 Å². The molecule has 0 aliphatic heterocycles. The lowest BCUT2D eigenvalue weighted by atomic mass is 10.1. The molecule has 4 heteroatoms. The lowest BCUT2D eigenvalue weighted by Gasteiger charge is -2.09. The molecule has 18 heavy (non-hydrogen) atoms. The lowest BCUT2D eigenvalue weighted by Crippen LogP contribution is -2.01. The molecule has 0 radical (unpaired) electrons. The topological polar surface area (TPSA) is 44.8 Å². The van der Waals surface area contributed by atoms with E-state index in [0.717, 1.165) is 16.5 Å². The third-order valence-corrected chi connectivity index (χ3v) is 2.76. The molecule has 0 aromatic heterocycles. The van der Waals surface area contributed by atoms with Gasteiger partial charge in [-0.25, -0.2) is 4.79 Å². The van der Waals surface area contributed by atoms with Crippen molar-refractivity contribution in [1.82, 2.24) is 0 Å². The Labute approximate surface area is 105 Å². The van der Waals surface area contributed by atoms with Gasteiger partial charge in [0.25, 0.3) is 0 Å². The van der Waals surface area contributed by atoms with E-state index in [1.807, 2.05) is 18.2 Å². The van der Waals surface area contributed by atoms with E-state index in [1.54, 1.807) is 26.4 Å².